The number of hydrogen-bond donors (Lipinski definition) is 1. The minimum absolute atomic E-state index is 0.0702. The molecular weight excluding hydrogens is 354 g/mol. The van der Waals surface area contributed by atoms with Crippen molar-refractivity contribution in [2.45, 2.75) is 32.2 Å². The van der Waals surface area contributed by atoms with E-state index >= 15 is 0 Å². The van der Waals surface area contributed by atoms with Crippen molar-refractivity contribution in [3.63, 3.8) is 0 Å². The van der Waals surface area contributed by atoms with Crippen LogP contribution in [-0.4, -0.2) is 16.0 Å². The molecule has 24 heavy (non-hydrogen) atoms. The van der Waals surface area contributed by atoms with Crippen LogP contribution >= 0.6 is 23.2 Å². The highest BCUT2D eigenvalue weighted by molar-refractivity contribution is 6.30. The van der Waals surface area contributed by atoms with Crippen LogP contribution in [0.15, 0.2) is 18.3 Å². The molecule has 2 aromatic rings. The summed E-state index contributed by atoms with van der Waals surface area (Å²) in [5.41, 5.74) is 1.63. The van der Waals surface area contributed by atoms with Crippen LogP contribution in [0.1, 0.15) is 42.1 Å². The van der Waals surface area contributed by atoms with Crippen LogP contribution in [0.4, 0.5) is 20.7 Å². The van der Waals surface area contributed by atoms with Gasteiger partial charge in [0.15, 0.2) is 11.0 Å². The summed E-state index contributed by atoms with van der Waals surface area (Å²) in [5.74, 6) is -0.409. The monoisotopic (exact) mass is 368 g/mol. The van der Waals surface area contributed by atoms with Crippen molar-refractivity contribution >= 4 is 40.7 Å². The lowest BCUT2D eigenvalue weighted by Gasteiger charge is -2.33. The molecule has 8 heteroatoms. The zero-order chi connectivity index (χ0) is 17.6. The fraction of sp³-hybridized carbons (Fsp3) is 0.312. The predicted octanol–water partition coefficient (Wildman–Crippen LogP) is 4.80. The average Bonchev–Trinajstić information content (AvgIpc) is 2.50. The number of nitrogens with zero attached hydrogens (tertiary/aromatic N) is 3. The van der Waals surface area contributed by atoms with Crippen molar-refractivity contribution in [1.82, 2.24) is 15.3 Å². The van der Waals surface area contributed by atoms with Crippen molar-refractivity contribution in [2.75, 3.05) is 4.90 Å². The molecule has 3 heterocycles. The van der Waals surface area contributed by atoms with Crippen LogP contribution in [-0.2, 0) is 0 Å². The molecule has 1 unspecified atom stereocenters. The molecule has 0 fully saturated rings. The molecule has 1 aliphatic rings. The molecule has 0 bridgehead atoms. The number of carbonyl (C=O) groups is 1. The summed E-state index contributed by atoms with van der Waals surface area (Å²) in [7, 11) is 0. The normalized spacial score (nSPS) is 17.0. The molecule has 0 saturated carbocycles. The van der Waals surface area contributed by atoms with Crippen molar-refractivity contribution < 1.29 is 9.18 Å². The number of aryl methyl sites for hydroxylation is 1. The standard InChI is InChI=1S/C16H15Cl2FN4O/c1-7(2)11-12(8(3)4-5-20-11)23-15-9(13(17)22-16(23)24)6-10(19)14(18)21-15/h4-7,13H,1-3H3,(H,22,24). The lowest BCUT2D eigenvalue weighted by Crippen LogP contribution is -2.44. The summed E-state index contributed by atoms with van der Waals surface area (Å²) < 4.78 is 13.8. The van der Waals surface area contributed by atoms with Crippen LogP contribution in [0.3, 0.4) is 0 Å². The first-order valence-electron chi connectivity index (χ1n) is 7.37. The Morgan fingerprint density at radius 3 is 2.79 bits per heavy atom. The summed E-state index contributed by atoms with van der Waals surface area (Å²) in [4.78, 5) is 22.4. The summed E-state index contributed by atoms with van der Waals surface area (Å²) in [6.45, 7) is 5.82. The largest absolute Gasteiger partial charge is 0.329 e. The number of nitrogens with one attached hydrogen (secondary N) is 1. The molecule has 3 rings (SSSR count). The van der Waals surface area contributed by atoms with E-state index in [2.05, 4.69) is 15.3 Å². The van der Waals surface area contributed by atoms with E-state index in [0.29, 0.717) is 11.3 Å². The fourth-order valence-electron chi connectivity index (χ4n) is 2.68. The Kier molecular flexibility index (Phi) is 4.36. The number of amides is 2. The van der Waals surface area contributed by atoms with E-state index in [0.717, 1.165) is 11.3 Å². The molecule has 1 aliphatic heterocycles. The van der Waals surface area contributed by atoms with Crippen molar-refractivity contribution in [3.8, 4) is 0 Å². The van der Waals surface area contributed by atoms with Crippen LogP contribution < -0.4 is 10.2 Å². The second-order valence-electron chi connectivity index (χ2n) is 5.84. The Bertz CT molecular complexity index is 828. The van der Waals surface area contributed by atoms with E-state index < -0.39 is 17.3 Å². The summed E-state index contributed by atoms with van der Waals surface area (Å²) in [5, 5.41) is 2.28. The minimum atomic E-state index is -0.887. The lowest BCUT2D eigenvalue weighted by atomic mass is 10.0. The predicted molar refractivity (Wildman–Crippen MR) is 91.5 cm³/mol. The Balaban J connectivity index is 2.29. The highest BCUT2D eigenvalue weighted by Crippen LogP contribution is 2.41. The number of fused-ring (bicyclic) bond motifs is 1. The molecule has 0 radical (unpaired) electrons. The highest BCUT2D eigenvalue weighted by atomic mass is 35.5. The summed E-state index contributed by atoms with van der Waals surface area (Å²) in [6, 6.07) is 2.53. The number of pyridine rings is 2. The number of urea groups is 1. The molecular formula is C16H15Cl2FN4O. The van der Waals surface area contributed by atoms with E-state index in [1.54, 1.807) is 12.3 Å². The number of hydrogen-bond acceptors (Lipinski definition) is 3. The van der Waals surface area contributed by atoms with Crippen LogP contribution in [0.2, 0.25) is 5.15 Å². The molecule has 2 aromatic heterocycles. The average molecular weight is 369 g/mol. The quantitative estimate of drug-likeness (QED) is 0.470. The third-order valence-corrected chi connectivity index (χ3v) is 4.41. The van der Waals surface area contributed by atoms with Gasteiger partial charge in [-0.1, -0.05) is 37.0 Å². The van der Waals surface area contributed by atoms with E-state index in [1.807, 2.05) is 20.8 Å². The van der Waals surface area contributed by atoms with Gasteiger partial charge in [-0.3, -0.25) is 4.98 Å². The number of alkyl halides is 1. The molecule has 0 aliphatic carbocycles. The zero-order valence-electron chi connectivity index (χ0n) is 13.3. The van der Waals surface area contributed by atoms with E-state index in [1.165, 1.54) is 11.0 Å². The first-order chi connectivity index (χ1) is 11.3. The van der Waals surface area contributed by atoms with Gasteiger partial charge in [0.2, 0.25) is 0 Å². The maximum Gasteiger partial charge on any atom is 0.329 e. The van der Waals surface area contributed by atoms with Crippen LogP contribution in [0, 0.1) is 12.7 Å². The maximum absolute atomic E-state index is 13.8. The number of carbonyl (C=O) groups excluding carboxylic acids is 1. The highest BCUT2D eigenvalue weighted by Gasteiger charge is 2.35. The zero-order valence-corrected chi connectivity index (χ0v) is 14.8. The first kappa shape index (κ1) is 16.9. The third-order valence-electron chi connectivity index (χ3n) is 3.80. The Hall–Kier alpha value is -1.92. The Morgan fingerprint density at radius 1 is 1.42 bits per heavy atom. The summed E-state index contributed by atoms with van der Waals surface area (Å²) >= 11 is 12.0. The molecule has 2 amide bonds. The van der Waals surface area contributed by atoms with E-state index in [4.69, 9.17) is 23.2 Å². The Labute approximate surface area is 148 Å². The van der Waals surface area contributed by atoms with Gasteiger partial charge in [0.25, 0.3) is 0 Å². The van der Waals surface area contributed by atoms with Gasteiger partial charge < -0.3 is 5.32 Å². The van der Waals surface area contributed by atoms with Gasteiger partial charge in [-0.2, -0.15) is 0 Å². The van der Waals surface area contributed by atoms with E-state index in [9.17, 15) is 9.18 Å². The van der Waals surface area contributed by atoms with Gasteiger partial charge in [-0.05, 0) is 30.5 Å². The van der Waals surface area contributed by atoms with E-state index in [-0.39, 0.29) is 16.9 Å². The fourth-order valence-corrected chi connectivity index (χ4v) is 3.06. The third kappa shape index (κ3) is 2.70. The second kappa shape index (κ2) is 6.18. The lowest BCUT2D eigenvalue weighted by molar-refractivity contribution is 0.246. The molecule has 1 atom stereocenters. The molecule has 126 valence electrons. The molecule has 0 saturated heterocycles. The van der Waals surface area contributed by atoms with Gasteiger partial charge in [0.05, 0.1) is 11.4 Å². The second-order valence-corrected chi connectivity index (χ2v) is 6.63. The smallest absolute Gasteiger partial charge is 0.317 e. The molecule has 0 spiro atoms. The summed E-state index contributed by atoms with van der Waals surface area (Å²) in [6.07, 6.45) is 1.69. The number of aromatic nitrogens is 2. The minimum Gasteiger partial charge on any atom is -0.317 e. The number of anilines is 2. The number of rotatable bonds is 2. The van der Waals surface area contributed by atoms with Gasteiger partial charge in [0, 0.05) is 11.8 Å². The topological polar surface area (TPSA) is 58.1 Å². The molecule has 0 aromatic carbocycles. The van der Waals surface area contributed by atoms with Crippen molar-refractivity contribution in [3.05, 3.63) is 46.1 Å². The van der Waals surface area contributed by atoms with Crippen molar-refractivity contribution in [2.24, 2.45) is 0 Å². The van der Waals surface area contributed by atoms with Crippen molar-refractivity contribution in [1.29, 1.82) is 0 Å². The molecule has 1 N–H and O–H groups in total. The number of halogens is 3. The maximum atomic E-state index is 13.8. The first-order valence-corrected chi connectivity index (χ1v) is 8.18. The van der Waals surface area contributed by atoms with Crippen LogP contribution in [0.25, 0.3) is 0 Å². The Morgan fingerprint density at radius 2 is 2.12 bits per heavy atom. The van der Waals surface area contributed by atoms with Gasteiger partial charge >= 0.3 is 6.03 Å². The SMILES string of the molecule is Cc1ccnc(C(C)C)c1N1C(=O)NC(Cl)c2cc(F)c(Cl)nc21. The van der Waals surface area contributed by atoms with Gasteiger partial charge in [-0.25, -0.2) is 19.1 Å². The van der Waals surface area contributed by atoms with Crippen LogP contribution in [0.5, 0.6) is 0 Å². The van der Waals surface area contributed by atoms with Gasteiger partial charge in [-0.15, -0.1) is 0 Å². The van der Waals surface area contributed by atoms with Gasteiger partial charge in [0.1, 0.15) is 11.3 Å². The molecule has 5 nitrogen and oxygen atoms in total.